The number of hydrazine groups is 1. The lowest BCUT2D eigenvalue weighted by Crippen LogP contribution is -2.36. The van der Waals surface area contributed by atoms with Gasteiger partial charge in [-0.05, 0) is 49.4 Å². The molecule has 15 heteroatoms. The van der Waals surface area contributed by atoms with Gasteiger partial charge in [0.2, 0.25) is 5.91 Å². The molecule has 0 bridgehead atoms. The normalized spacial score (nSPS) is 14.7. The van der Waals surface area contributed by atoms with E-state index in [2.05, 4.69) is 20.7 Å². The van der Waals surface area contributed by atoms with Gasteiger partial charge in [-0.3, -0.25) is 15.0 Å². The zero-order valence-electron chi connectivity index (χ0n) is 23.1. The molecule has 224 valence electrons. The van der Waals surface area contributed by atoms with E-state index in [9.17, 15) is 14.4 Å². The second-order valence-corrected chi connectivity index (χ2v) is 11.1. The number of carbonyl (C=O) groups is 3. The minimum Gasteiger partial charge on any atom is -0.462 e. The lowest BCUT2D eigenvalue weighted by molar-refractivity contribution is -0.114. The van der Waals surface area contributed by atoms with Crippen molar-refractivity contribution in [2.45, 2.75) is 13.8 Å². The van der Waals surface area contributed by atoms with Crippen LogP contribution in [-0.4, -0.2) is 50.0 Å². The number of hydrogen-bond acceptors (Lipinski definition) is 7. The summed E-state index contributed by atoms with van der Waals surface area (Å²) in [4.78, 5) is 49.0. The molecule has 3 aromatic rings. The molecule has 0 saturated carbocycles. The first-order chi connectivity index (χ1) is 20.3. The van der Waals surface area contributed by atoms with Crippen LogP contribution >= 0.6 is 58.0 Å². The predicted molar refractivity (Wildman–Crippen MR) is 174 cm³/mol. The third-order valence-electron chi connectivity index (χ3n) is 5.90. The lowest BCUT2D eigenvalue weighted by Gasteiger charge is -2.21. The number of anilines is 3. The first-order valence-corrected chi connectivity index (χ1v) is 14.4. The summed E-state index contributed by atoms with van der Waals surface area (Å²) in [5.41, 5.74) is 4.32. The highest BCUT2D eigenvalue weighted by Gasteiger charge is 2.39. The third kappa shape index (κ3) is 6.84. The number of benzene rings is 3. The van der Waals surface area contributed by atoms with Gasteiger partial charge in [0.15, 0.2) is 11.5 Å². The molecule has 1 aliphatic heterocycles. The first-order valence-electron chi connectivity index (χ1n) is 12.5. The summed E-state index contributed by atoms with van der Waals surface area (Å²) in [7, 11) is 3.79. The molecule has 0 spiro atoms. The topological polar surface area (TPSA) is 116 Å². The van der Waals surface area contributed by atoms with E-state index in [4.69, 9.17) is 62.7 Å². The van der Waals surface area contributed by atoms with Crippen LogP contribution in [0, 0.1) is 0 Å². The summed E-state index contributed by atoms with van der Waals surface area (Å²) >= 11 is 32.4. The van der Waals surface area contributed by atoms with E-state index in [1.165, 1.54) is 13.0 Å². The molecule has 1 fully saturated rings. The molecule has 0 atom stereocenters. The summed E-state index contributed by atoms with van der Waals surface area (Å²) in [5.74, 6) is -1.89. The number of hydrogen-bond donors (Lipinski definition) is 2. The standard InChI is InChI=1S/C28H23Cl5N6O4/c1-5-43-28(42)19-20(30)22(32)25(23(33)21(19)31)39-27(41)24(35-14-6-9-16(10-7-14)38(3)4)26(37-39)36-18-12-15(34-13(2)40)8-11-17(18)29/h6-12H,5H2,1-4H3,(H,34,40)(H,36,37). The van der Waals surface area contributed by atoms with Crippen LogP contribution in [-0.2, 0) is 14.3 Å². The SMILES string of the molecule is CCOC(=O)c1c(Cl)c(Cl)c(N2NC(=Nc3cc(NC(C)=O)ccc3Cl)C(=Nc3ccc(N(C)C)cc3)C2=O)c(Cl)c1Cl. The number of amidine groups is 1. The Hall–Kier alpha value is -3.54. The lowest BCUT2D eigenvalue weighted by atomic mass is 10.2. The molecule has 4 rings (SSSR count). The van der Waals surface area contributed by atoms with E-state index in [1.807, 2.05) is 31.1 Å². The monoisotopic (exact) mass is 682 g/mol. The number of amides is 2. The Morgan fingerprint density at radius 2 is 1.58 bits per heavy atom. The molecule has 0 aromatic heterocycles. The number of esters is 1. The van der Waals surface area contributed by atoms with Gasteiger partial charge in [0.25, 0.3) is 5.91 Å². The average molecular weight is 685 g/mol. The van der Waals surface area contributed by atoms with Crippen molar-refractivity contribution in [3.63, 3.8) is 0 Å². The Kier molecular flexibility index (Phi) is 10.1. The summed E-state index contributed by atoms with van der Waals surface area (Å²) < 4.78 is 5.02. The first kappa shape index (κ1) is 32.4. The van der Waals surface area contributed by atoms with Gasteiger partial charge in [-0.2, -0.15) is 0 Å². The zero-order valence-corrected chi connectivity index (χ0v) is 26.8. The molecular formula is C28H23Cl5N6O4. The van der Waals surface area contributed by atoms with E-state index >= 15 is 0 Å². The van der Waals surface area contributed by atoms with Crippen molar-refractivity contribution in [2.75, 3.05) is 35.9 Å². The third-order valence-corrected chi connectivity index (χ3v) is 7.90. The van der Waals surface area contributed by atoms with E-state index in [0.29, 0.717) is 11.4 Å². The fourth-order valence-electron chi connectivity index (χ4n) is 3.91. The maximum Gasteiger partial charge on any atom is 0.341 e. The molecule has 0 radical (unpaired) electrons. The van der Waals surface area contributed by atoms with Crippen LogP contribution in [0.3, 0.4) is 0 Å². The van der Waals surface area contributed by atoms with E-state index in [-0.39, 0.29) is 66.1 Å². The Morgan fingerprint density at radius 1 is 0.953 bits per heavy atom. The maximum atomic E-state index is 13.9. The highest BCUT2D eigenvalue weighted by atomic mass is 35.5. The highest BCUT2D eigenvalue weighted by Crippen LogP contribution is 2.47. The molecule has 3 aromatic carbocycles. The minimum atomic E-state index is -0.840. The van der Waals surface area contributed by atoms with Crippen LogP contribution in [0.4, 0.5) is 28.4 Å². The van der Waals surface area contributed by atoms with Gasteiger partial charge in [-0.1, -0.05) is 58.0 Å². The van der Waals surface area contributed by atoms with Crippen molar-refractivity contribution >= 4 is 116 Å². The molecule has 2 amide bonds. The summed E-state index contributed by atoms with van der Waals surface area (Å²) in [6.07, 6.45) is 0. The van der Waals surface area contributed by atoms with Crippen molar-refractivity contribution in [1.29, 1.82) is 0 Å². The molecule has 2 N–H and O–H groups in total. The summed E-state index contributed by atoms with van der Waals surface area (Å²) in [6, 6.07) is 11.8. The summed E-state index contributed by atoms with van der Waals surface area (Å²) in [6.45, 7) is 3.02. The second-order valence-electron chi connectivity index (χ2n) is 9.13. The molecule has 1 saturated heterocycles. The Balaban J connectivity index is 1.89. The molecule has 1 heterocycles. The molecule has 43 heavy (non-hydrogen) atoms. The van der Waals surface area contributed by atoms with Gasteiger partial charge in [-0.25, -0.2) is 19.8 Å². The second kappa shape index (κ2) is 13.4. The van der Waals surface area contributed by atoms with Crippen LogP contribution in [0.25, 0.3) is 0 Å². The average Bonchev–Trinajstić information content (AvgIpc) is 3.24. The predicted octanol–water partition coefficient (Wildman–Crippen LogP) is 7.51. The van der Waals surface area contributed by atoms with Gasteiger partial charge >= 0.3 is 5.97 Å². The minimum absolute atomic E-state index is 0.0302. The highest BCUT2D eigenvalue weighted by molar-refractivity contribution is 6.73. The quantitative estimate of drug-likeness (QED) is 0.197. The smallest absolute Gasteiger partial charge is 0.341 e. The van der Waals surface area contributed by atoms with Crippen LogP contribution < -0.4 is 20.7 Å². The van der Waals surface area contributed by atoms with Crippen LogP contribution in [0.5, 0.6) is 0 Å². The molecule has 0 aliphatic carbocycles. The van der Waals surface area contributed by atoms with Crippen LogP contribution in [0.15, 0.2) is 52.4 Å². The zero-order chi connectivity index (χ0) is 31.6. The molecule has 0 unspecified atom stereocenters. The van der Waals surface area contributed by atoms with Crippen molar-refractivity contribution in [2.24, 2.45) is 9.98 Å². The van der Waals surface area contributed by atoms with E-state index in [0.717, 1.165) is 10.7 Å². The number of nitrogens with zero attached hydrogens (tertiary/aromatic N) is 4. The van der Waals surface area contributed by atoms with Crippen molar-refractivity contribution in [3.8, 4) is 0 Å². The molecular weight excluding hydrogens is 662 g/mol. The van der Waals surface area contributed by atoms with Crippen molar-refractivity contribution in [1.82, 2.24) is 5.43 Å². The number of carbonyl (C=O) groups excluding carboxylic acids is 3. The fraction of sp³-hybridized carbons (Fsp3) is 0.179. The van der Waals surface area contributed by atoms with Gasteiger partial charge in [0, 0.05) is 32.4 Å². The van der Waals surface area contributed by atoms with Crippen LogP contribution in [0.1, 0.15) is 24.2 Å². The number of rotatable bonds is 7. The van der Waals surface area contributed by atoms with Gasteiger partial charge in [0.1, 0.15) is 11.3 Å². The Morgan fingerprint density at radius 3 is 2.14 bits per heavy atom. The van der Waals surface area contributed by atoms with E-state index in [1.54, 1.807) is 31.2 Å². The largest absolute Gasteiger partial charge is 0.462 e. The number of ether oxygens (including phenoxy) is 1. The van der Waals surface area contributed by atoms with Crippen molar-refractivity contribution < 1.29 is 19.1 Å². The van der Waals surface area contributed by atoms with Gasteiger partial charge in [-0.15, -0.1) is 0 Å². The van der Waals surface area contributed by atoms with Crippen molar-refractivity contribution in [3.05, 3.63) is 73.1 Å². The fourth-order valence-corrected chi connectivity index (χ4v) is 5.23. The maximum absolute atomic E-state index is 13.9. The summed E-state index contributed by atoms with van der Waals surface area (Å²) in [5, 5.41) is 2.81. The molecule has 10 nitrogen and oxygen atoms in total. The number of aliphatic imine (C=N–C) groups is 2. The van der Waals surface area contributed by atoms with Gasteiger partial charge < -0.3 is 15.0 Å². The Bertz CT molecular complexity index is 1660. The number of nitrogens with one attached hydrogen (secondary N) is 2. The van der Waals surface area contributed by atoms with Gasteiger partial charge in [0.05, 0.1) is 43.1 Å². The number of halogens is 5. The molecule has 1 aliphatic rings. The Labute approximate surface area is 272 Å². The van der Waals surface area contributed by atoms with E-state index < -0.39 is 11.9 Å². The van der Waals surface area contributed by atoms with Crippen LogP contribution in [0.2, 0.25) is 25.1 Å².